The lowest BCUT2D eigenvalue weighted by atomic mass is 10.1. The molecule has 0 spiro atoms. The zero-order valence-corrected chi connectivity index (χ0v) is 11.6. The van der Waals surface area contributed by atoms with Crippen LogP contribution in [0.5, 0.6) is 0 Å². The standard InChI is InChI=1S/C12H24O3Si/c1-3-13-16(14-4-2)15-11-7-10-12-8-5-6-9-12/h7,10,12,16H,3-6,8-9,11H2,1-2H3. The maximum absolute atomic E-state index is 5.59. The van der Waals surface area contributed by atoms with E-state index in [9.17, 15) is 0 Å². The van der Waals surface area contributed by atoms with Crippen LogP contribution in [0, 0.1) is 5.92 Å². The molecule has 1 rings (SSSR count). The van der Waals surface area contributed by atoms with Crippen molar-refractivity contribution in [1.82, 2.24) is 0 Å². The van der Waals surface area contributed by atoms with Gasteiger partial charge in [-0.3, -0.25) is 0 Å². The zero-order chi connectivity index (χ0) is 11.6. The Morgan fingerprint density at radius 2 is 1.69 bits per heavy atom. The SMILES string of the molecule is CCO[SiH](OCC)OCC=CC1CCCC1. The van der Waals surface area contributed by atoms with Crippen LogP contribution in [0.1, 0.15) is 39.5 Å². The van der Waals surface area contributed by atoms with Gasteiger partial charge in [0.05, 0.1) is 6.61 Å². The maximum Gasteiger partial charge on any atom is 0.484 e. The molecular weight excluding hydrogens is 220 g/mol. The highest BCUT2D eigenvalue weighted by atomic mass is 28.3. The molecule has 3 nitrogen and oxygen atoms in total. The van der Waals surface area contributed by atoms with Gasteiger partial charge in [0.15, 0.2) is 0 Å². The van der Waals surface area contributed by atoms with Crippen LogP contribution in [-0.4, -0.2) is 29.3 Å². The first-order valence-electron chi connectivity index (χ1n) is 6.38. The molecule has 1 fully saturated rings. The van der Waals surface area contributed by atoms with Crippen molar-refractivity contribution in [3.05, 3.63) is 12.2 Å². The molecule has 0 unspecified atom stereocenters. The Morgan fingerprint density at radius 1 is 1.06 bits per heavy atom. The van der Waals surface area contributed by atoms with E-state index in [2.05, 4.69) is 12.2 Å². The smallest absolute Gasteiger partial charge is 0.376 e. The van der Waals surface area contributed by atoms with E-state index in [0.29, 0.717) is 19.8 Å². The van der Waals surface area contributed by atoms with Crippen molar-refractivity contribution in [3.8, 4) is 0 Å². The summed E-state index contributed by atoms with van der Waals surface area (Å²) >= 11 is 0. The molecule has 1 aliphatic rings. The molecule has 0 radical (unpaired) electrons. The summed E-state index contributed by atoms with van der Waals surface area (Å²) in [4.78, 5) is 0. The van der Waals surface area contributed by atoms with Gasteiger partial charge in [0.1, 0.15) is 0 Å². The maximum atomic E-state index is 5.59. The summed E-state index contributed by atoms with van der Waals surface area (Å²) in [6.45, 7) is 5.91. The van der Waals surface area contributed by atoms with Gasteiger partial charge in [0, 0.05) is 13.2 Å². The van der Waals surface area contributed by atoms with Crippen molar-refractivity contribution in [2.24, 2.45) is 5.92 Å². The predicted molar refractivity (Wildman–Crippen MR) is 67.5 cm³/mol. The van der Waals surface area contributed by atoms with Gasteiger partial charge >= 0.3 is 9.53 Å². The lowest BCUT2D eigenvalue weighted by Crippen LogP contribution is -2.27. The van der Waals surface area contributed by atoms with E-state index < -0.39 is 9.53 Å². The lowest BCUT2D eigenvalue weighted by Gasteiger charge is -2.13. The summed E-state index contributed by atoms with van der Waals surface area (Å²) in [7, 11) is -1.85. The van der Waals surface area contributed by atoms with E-state index in [1.165, 1.54) is 25.7 Å². The summed E-state index contributed by atoms with van der Waals surface area (Å²) in [5.41, 5.74) is 0. The van der Waals surface area contributed by atoms with Crippen molar-refractivity contribution in [2.75, 3.05) is 19.8 Å². The molecule has 0 saturated heterocycles. The topological polar surface area (TPSA) is 27.7 Å². The molecular formula is C12H24O3Si. The first kappa shape index (κ1) is 13.9. The predicted octanol–water partition coefficient (Wildman–Crippen LogP) is 2.54. The van der Waals surface area contributed by atoms with Crippen molar-refractivity contribution in [3.63, 3.8) is 0 Å². The second-order valence-electron chi connectivity index (χ2n) is 4.01. The molecule has 4 heteroatoms. The van der Waals surface area contributed by atoms with Gasteiger partial charge in [0.25, 0.3) is 0 Å². The Morgan fingerprint density at radius 3 is 2.25 bits per heavy atom. The number of rotatable bonds is 8. The van der Waals surface area contributed by atoms with E-state index in [4.69, 9.17) is 13.3 Å². The van der Waals surface area contributed by atoms with Crippen LogP contribution in [0.2, 0.25) is 0 Å². The molecule has 0 aromatic rings. The number of allylic oxidation sites excluding steroid dienone is 1. The van der Waals surface area contributed by atoms with Gasteiger partial charge < -0.3 is 13.3 Å². The molecule has 0 aliphatic heterocycles. The third-order valence-electron chi connectivity index (χ3n) is 2.74. The van der Waals surface area contributed by atoms with Gasteiger partial charge in [0.2, 0.25) is 0 Å². The van der Waals surface area contributed by atoms with E-state index in [1.54, 1.807) is 0 Å². The van der Waals surface area contributed by atoms with Crippen molar-refractivity contribution < 1.29 is 13.3 Å². The molecule has 0 amide bonds. The Hall–Kier alpha value is -0.163. The lowest BCUT2D eigenvalue weighted by molar-refractivity contribution is 0.112. The minimum atomic E-state index is -1.85. The largest absolute Gasteiger partial charge is 0.484 e. The Balaban J connectivity index is 2.10. The fourth-order valence-electron chi connectivity index (χ4n) is 1.95. The minimum absolute atomic E-state index is 0.632. The Bertz CT molecular complexity index is 185. The molecule has 0 N–H and O–H groups in total. The van der Waals surface area contributed by atoms with Gasteiger partial charge in [-0.25, -0.2) is 0 Å². The Kier molecular flexibility index (Phi) is 7.76. The van der Waals surface area contributed by atoms with Crippen LogP contribution in [0.15, 0.2) is 12.2 Å². The highest BCUT2D eigenvalue weighted by Gasteiger charge is 2.13. The molecule has 0 bridgehead atoms. The summed E-state index contributed by atoms with van der Waals surface area (Å²) in [6.07, 6.45) is 9.85. The normalized spacial score (nSPS) is 17.9. The van der Waals surface area contributed by atoms with Crippen LogP contribution in [-0.2, 0) is 13.3 Å². The zero-order valence-electron chi connectivity index (χ0n) is 10.5. The summed E-state index contributed by atoms with van der Waals surface area (Å²) in [6, 6.07) is 0. The second-order valence-corrected chi connectivity index (χ2v) is 5.58. The van der Waals surface area contributed by atoms with Crippen molar-refractivity contribution in [2.45, 2.75) is 39.5 Å². The molecule has 1 saturated carbocycles. The monoisotopic (exact) mass is 244 g/mol. The van der Waals surface area contributed by atoms with Crippen LogP contribution in [0.3, 0.4) is 0 Å². The molecule has 0 aromatic heterocycles. The average Bonchev–Trinajstić information content (AvgIpc) is 2.78. The van der Waals surface area contributed by atoms with E-state index in [-0.39, 0.29) is 0 Å². The molecule has 0 atom stereocenters. The molecule has 94 valence electrons. The first-order valence-corrected chi connectivity index (χ1v) is 7.79. The van der Waals surface area contributed by atoms with E-state index in [0.717, 1.165) is 5.92 Å². The van der Waals surface area contributed by atoms with Gasteiger partial charge in [-0.1, -0.05) is 25.0 Å². The van der Waals surface area contributed by atoms with Gasteiger partial charge in [-0.15, -0.1) is 0 Å². The van der Waals surface area contributed by atoms with Crippen molar-refractivity contribution >= 4 is 9.53 Å². The second kappa shape index (κ2) is 8.93. The van der Waals surface area contributed by atoms with Crippen LogP contribution in [0.4, 0.5) is 0 Å². The first-order chi connectivity index (χ1) is 7.86. The average molecular weight is 244 g/mol. The number of hydrogen-bond acceptors (Lipinski definition) is 3. The summed E-state index contributed by atoms with van der Waals surface area (Å²) in [5, 5.41) is 0. The van der Waals surface area contributed by atoms with Crippen LogP contribution >= 0.6 is 0 Å². The quantitative estimate of drug-likeness (QED) is 0.485. The van der Waals surface area contributed by atoms with Gasteiger partial charge in [-0.2, -0.15) is 0 Å². The van der Waals surface area contributed by atoms with E-state index in [1.807, 2.05) is 13.8 Å². The highest BCUT2D eigenvalue weighted by molar-refractivity contribution is 6.36. The highest BCUT2D eigenvalue weighted by Crippen LogP contribution is 2.25. The van der Waals surface area contributed by atoms with Crippen molar-refractivity contribution in [1.29, 1.82) is 0 Å². The van der Waals surface area contributed by atoms with E-state index >= 15 is 0 Å². The molecule has 0 aromatic carbocycles. The number of hydrogen-bond donors (Lipinski definition) is 0. The molecule has 16 heavy (non-hydrogen) atoms. The third-order valence-corrected chi connectivity index (χ3v) is 4.42. The third kappa shape index (κ3) is 5.79. The molecule has 1 aliphatic carbocycles. The fraction of sp³-hybridized carbons (Fsp3) is 0.833. The molecule has 0 heterocycles. The minimum Gasteiger partial charge on any atom is -0.376 e. The van der Waals surface area contributed by atoms with Gasteiger partial charge in [-0.05, 0) is 32.6 Å². The van der Waals surface area contributed by atoms with Crippen LogP contribution in [0.25, 0.3) is 0 Å². The van der Waals surface area contributed by atoms with Crippen LogP contribution < -0.4 is 0 Å². The Labute approximate surface area is 101 Å². The summed E-state index contributed by atoms with van der Waals surface area (Å²) < 4.78 is 16.4. The fourth-order valence-corrected chi connectivity index (χ4v) is 3.05. The summed E-state index contributed by atoms with van der Waals surface area (Å²) in [5.74, 6) is 0.780.